The van der Waals surface area contributed by atoms with Crippen molar-refractivity contribution in [2.45, 2.75) is 46.0 Å². The zero-order valence-electron chi connectivity index (χ0n) is 14.8. The first-order chi connectivity index (χ1) is 10.5. The molecule has 1 atom stereocenters. The second kappa shape index (κ2) is 9.29. The Hall–Kier alpha value is -1.06. The molecule has 1 aliphatic heterocycles. The summed E-state index contributed by atoms with van der Waals surface area (Å²) in [5.41, 5.74) is 2.29. The van der Waals surface area contributed by atoms with Crippen LogP contribution < -0.4 is 10.2 Å². The Balaban J connectivity index is 0.00000264. The van der Waals surface area contributed by atoms with Crippen molar-refractivity contribution in [2.24, 2.45) is 11.8 Å². The first-order valence-electron chi connectivity index (χ1n) is 8.56. The van der Waals surface area contributed by atoms with Crippen molar-refractivity contribution in [3.8, 4) is 0 Å². The fourth-order valence-electron chi connectivity index (χ4n) is 3.23. The lowest BCUT2D eigenvalue weighted by molar-refractivity contribution is -0.119. The third kappa shape index (κ3) is 5.50. The molecule has 0 spiro atoms. The molecule has 0 radical (unpaired) electrons. The minimum atomic E-state index is 0. The molecular weight excluding hydrogens is 308 g/mol. The summed E-state index contributed by atoms with van der Waals surface area (Å²) in [6.45, 7) is 8.78. The molecule has 0 aromatic heterocycles. The number of halogens is 1. The SMILES string of the molecule is CC(C)c1cccc(N(C)C(=O)CC(C)C2CCNCC2)c1.Cl. The average Bonchev–Trinajstić information content (AvgIpc) is 2.54. The van der Waals surface area contributed by atoms with Gasteiger partial charge < -0.3 is 10.2 Å². The van der Waals surface area contributed by atoms with E-state index in [1.54, 1.807) is 0 Å². The van der Waals surface area contributed by atoms with Crippen LogP contribution in [0.1, 0.15) is 51.5 Å². The van der Waals surface area contributed by atoms with Crippen molar-refractivity contribution in [3.63, 3.8) is 0 Å². The molecule has 23 heavy (non-hydrogen) atoms. The van der Waals surface area contributed by atoms with Crippen molar-refractivity contribution in [1.82, 2.24) is 5.32 Å². The lowest BCUT2D eigenvalue weighted by atomic mass is 9.84. The first kappa shape index (κ1) is 20.0. The van der Waals surface area contributed by atoms with Gasteiger partial charge in [0.25, 0.3) is 0 Å². The van der Waals surface area contributed by atoms with E-state index in [1.807, 2.05) is 24.1 Å². The maximum atomic E-state index is 12.6. The highest BCUT2D eigenvalue weighted by molar-refractivity contribution is 5.93. The number of carbonyl (C=O) groups excluding carboxylic acids is 1. The second-order valence-corrected chi connectivity index (χ2v) is 6.97. The molecule has 1 aromatic rings. The molecule has 1 aliphatic rings. The monoisotopic (exact) mass is 338 g/mol. The molecule has 1 fully saturated rings. The number of piperidine rings is 1. The number of amides is 1. The highest BCUT2D eigenvalue weighted by Gasteiger charge is 2.23. The van der Waals surface area contributed by atoms with Crippen LogP contribution in [-0.4, -0.2) is 26.0 Å². The topological polar surface area (TPSA) is 32.3 Å². The summed E-state index contributed by atoms with van der Waals surface area (Å²) in [5.74, 6) is 1.86. The highest BCUT2D eigenvalue weighted by Crippen LogP contribution is 2.26. The smallest absolute Gasteiger partial charge is 0.226 e. The van der Waals surface area contributed by atoms with Crippen LogP contribution in [0.5, 0.6) is 0 Å². The van der Waals surface area contributed by atoms with Crippen LogP contribution >= 0.6 is 12.4 Å². The number of carbonyl (C=O) groups is 1. The number of rotatable bonds is 5. The van der Waals surface area contributed by atoms with Crippen LogP contribution in [-0.2, 0) is 4.79 Å². The number of anilines is 1. The number of benzene rings is 1. The number of nitrogens with one attached hydrogen (secondary N) is 1. The molecule has 1 heterocycles. The standard InChI is InChI=1S/C19H30N2O.ClH/c1-14(2)17-6-5-7-18(13-17)21(4)19(22)12-15(3)16-8-10-20-11-9-16;/h5-7,13-16,20H,8-12H2,1-4H3;1H. The number of nitrogens with zero attached hydrogens (tertiary/aromatic N) is 1. The lowest BCUT2D eigenvalue weighted by Gasteiger charge is -2.29. The van der Waals surface area contributed by atoms with Gasteiger partial charge in [-0.2, -0.15) is 0 Å². The molecule has 130 valence electrons. The predicted octanol–water partition coefficient (Wildman–Crippen LogP) is 4.22. The lowest BCUT2D eigenvalue weighted by Crippen LogP contribution is -2.34. The second-order valence-electron chi connectivity index (χ2n) is 6.97. The van der Waals surface area contributed by atoms with Crippen molar-refractivity contribution in [1.29, 1.82) is 0 Å². The van der Waals surface area contributed by atoms with Crippen molar-refractivity contribution >= 4 is 24.0 Å². The third-order valence-electron chi connectivity index (χ3n) is 4.98. The van der Waals surface area contributed by atoms with E-state index in [2.05, 4.69) is 38.2 Å². The molecule has 3 nitrogen and oxygen atoms in total. The predicted molar refractivity (Wildman–Crippen MR) is 101 cm³/mol. The quantitative estimate of drug-likeness (QED) is 0.871. The zero-order chi connectivity index (χ0) is 16.1. The van der Waals surface area contributed by atoms with E-state index in [1.165, 1.54) is 18.4 Å². The van der Waals surface area contributed by atoms with Crippen LogP contribution in [0.3, 0.4) is 0 Å². The highest BCUT2D eigenvalue weighted by atomic mass is 35.5. The van der Waals surface area contributed by atoms with Gasteiger partial charge in [-0.3, -0.25) is 4.79 Å². The van der Waals surface area contributed by atoms with Gasteiger partial charge in [0.15, 0.2) is 0 Å². The van der Waals surface area contributed by atoms with Crippen LogP contribution in [0.2, 0.25) is 0 Å². The number of hydrogen-bond acceptors (Lipinski definition) is 2. The molecule has 1 amide bonds. The summed E-state index contributed by atoms with van der Waals surface area (Å²) in [6, 6.07) is 8.34. The normalized spacial score (nSPS) is 16.7. The van der Waals surface area contributed by atoms with Gasteiger partial charge >= 0.3 is 0 Å². The van der Waals surface area contributed by atoms with Crippen LogP contribution in [0, 0.1) is 11.8 Å². The maximum Gasteiger partial charge on any atom is 0.226 e. The summed E-state index contributed by atoms with van der Waals surface area (Å²) in [7, 11) is 1.90. The molecule has 2 rings (SSSR count). The molecule has 1 N–H and O–H groups in total. The molecule has 0 aliphatic carbocycles. The van der Waals surface area contributed by atoms with Crippen molar-refractivity contribution < 1.29 is 4.79 Å². The van der Waals surface area contributed by atoms with E-state index in [0.29, 0.717) is 24.2 Å². The molecule has 0 saturated carbocycles. The van der Waals surface area contributed by atoms with E-state index in [-0.39, 0.29) is 18.3 Å². The molecule has 1 aromatic carbocycles. The minimum Gasteiger partial charge on any atom is -0.317 e. The van der Waals surface area contributed by atoms with Gasteiger partial charge in [0.1, 0.15) is 0 Å². The number of hydrogen-bond donors (Lipinski definition) is 1. The van der Waals surface area contributed by atoms with E-state index >= 15 is 0 Å². The Kier molecular flexibility index (Phi) is 8.07. The fraction of sp³-hybridized carbons (Fsp3) is 0.632. The Morgan fingerprint density at radius 2 is 1.91 bits per heavy atom. The Morgan fingerprint density at radius 1 is 1.26 bits per heavy atom. The van der Waals surface area contributed by atoms with Gasteiger partial charge in [0.05, 0.1) is 0 Å². The molecule has 0 bridgehead atoms. The van der Waals surface area contributed by atoms with E-state index in [4.69, 9.17) is 0 Å². The summed E-state index contributed by atoms with van der Waals surface area (Å²) in [6.07, 6.45) is 3.04. The molecule has 4 heteroatoms. The van der Waals surface area contributed by atoms with Crippen LogP contribution in [0.15, 0.2) is 24.3 Å². The summed E-state index contributed by atoms with van der Waals surface area (Å²) >= 11 is 0. The van der Waals surface area contributed by atoms with Gasteiger partial charge in [0.2, 0.25) is 5.91 Å². The molecular formula is C19H31ClN2O. The Morgan fingerprint density at radius 3 is 2.52 bits per heavy atom. The van der Waals surface area contributed by atoms with Gasteiger partial charge in [-0.15, -0.1) is 12.4 Å². The largest absolute Gasteiger partial charge is 0.317 e. The van der Waals surface area contributed by atoms with Gasteiger partial charge in [0, 0.05) is 19.2 Å². The van der Waals surface area contributed by atoms with Crippen molar-refractivity contribution in [3.05, 3.63) is 29.8 Å². The summed E-state index contributed by atoms with van der Waals surface area (Å²) < 4.78 is 0. The molecule has 1 saturated heterocycles. The van der Waals surface area contributed by atoms with E-state index in [9.17, 15) is 4.79 Å². The zero-order valence-corrected chi connectivity index (χ0v) is 15.7. The Bertz CT molecular complexity index is 498. The van der Waals surface area contributed by atoms with E-state index in [0.717, 1.165) is 18.8 Å². The van der Waals surface area contributed by atoms with Crippen molar-refractivity contribution in [2.75, 3.05) is 25.0 Å². The van der Waals surface area contributed by atoms with Gasteiger partial charge in [-0.05, 0) is 61.4 Å². The average molecular weight is 339 g/mol. The van der Waals surface area contributed by atoms with Gasteiger partial charge in [-0.1, -0.05) is 32.9 Å². The fourth-order valence-corrected chi connectivity index (χ4v) is 3.23. The summed E-state index contributed by atoms with van der Waals surface area (Å²) in [5, 5.41) is 3.39. The minimum absolute atomic E-state index is 0. The first-order valence-corrected chi connectivity index (χ1v) is 8.56. The summed E-state index contributed by atoms with van der Waals surface area (Å²) in [4.78, 5) is 14.4. The Labute approximate surface area is 147 Å². The third-order valence-corrected chi connectivity index (χ3v) is 4.98. The van der Waals surface area contributed by atoms with Crippen LogP contribution in [0.25, 0.3) is 0 Å². The molecule has 1 unspecified atom stereocenters. The van der Waals surface area contributed by atoms with Gasteiger partial charge in [-0.25, -0.2) is 0 Å². The van der Waals surface area contributed by atoms with E-state index < -0.39 is 0 Å². The van der Waals surface area contributed by atoms with Crippen LogP contribution in [0.4, 0.5) is 5.69 Å². The maximum absolute atomic E-state index is 12.6.